The minimum atomic E-state index is -0.195. The van der Waals surface area contributed by atoms with E-state index in [1.807, 2.05) is 43.3 Å². The first-order chi connectivity index (χ1) is 13.4. The molecule has 0 atom stereocenters. The number of nitrogens with two attached hydrogens (primary N) is 2. The van der Waals surface area contributed by atoms with E-state index in [-0.39, 0.29) is 22.8 Å². The van der Waals surface area contributed by atoms with Crippen LogP contribution in [0.3, 0.4) is 0 Å². The number of rotatable bonds is 4. The lowest BCUT2D eigenvalue weighted by Crippen LogP contribution is -2.30. The molecule has 0 saturated heterocycles. The Morgan fingerprint density at radius 1 is 1.00 bits per heavy atom. The summed E-state index contributed by atoms with van der Waals surface area (Å²) in [6.07, 6.45) is 0. The number of halogens is 1. The van der Waals surface area contributed by atoms with E-state index in [0.29, 0.717) is 22.6 Å². The zero-order valence-electron chi connectivity index (χ0n) is 17.5. The van der Waals surface area contributed by atoms with Gasteiger partial charge in [0.25, 0.3) is 0 Å². The Balaban J connectivity index is 2.56. The molecule has 0 bridgehead atoms. The Labute approximate surface area is 180 Å². The van der Waals surface area contributed by atoms with E-state index >= 15 is 0 Å². The zero-order chi connectivity index (χ0) is 21.9. The van der Waals surface area contributed by atoms with E-state index in [1.54, 1.807) is 12.1 Å². The van der Waals surface area contributed by atoms with Gasteiger partial charge in [0.1, 0.15) is 5.69 Å². The highest BCUT2D eigenvalue weighted by Crippen LogP contribution is 2.41. The predicted molar refractivity (Wildman–Crippen MR) is 126 cm³/mol. The van der Waals surface area contributed by atoms with Crippen LogP contribution in [-0.2, 0) is 5.41 Å². The molecule has 6 nitrogen and oxygen atoms in total. The first kappa shape index (κ1) is 22.5. The number of hydrogen-bond donors (Lipinski definition) is 3. The lowest BCUT2D eigenvalue weighted by atomic mass is 9.82. The van der Waals surface area contributed by atoms with Crippen LogP contribution in [0.4, 0.5) is 11.4 Å². The van der Waals surface area contributed by atoms with Gasteiger partial charge in [-0.25, -0.2) is 9.98 Å². The van der Waals surface area contributed by atoms with Crippen LogP contribution in [-0.4, -0.2) is 35.8 Å². The number of phenols is 1. The molecule has 5 N–H and O–H groups in total. The molecule has 2 aromatic rings. The van der Waals surface area contributed by atoms with Crippen molar-refractivity contribution in [2.45, 2.75) is 26.2 Å². The van der Waals surface area contributed by atoms with Gasteiger partial charge in [-0.1, -0.05) is 45.5 Å². The Kier molecular flexibility index (Phi) is 6.74. The molecule has 2 aromatic carbocycles. The topological polar surface area (TPSA) is 100 Å². The highest BCUT2D eigenvalue weighted by Gasteiger charge is 2.24. The predicted octanol–water partition coefficient (Wildman–Crippen LogP) is 4.66. The maximum absolute atomic E-state index is 11.0. The Bertz CT molecular complexity index is 987. The van der Waals surface area contributed by atoms with Crippen molar-refractivity contribution in [1.82, 2.24) is 4.90 Å². The lowest BCUT2D eigenvalue weighted by Gasteiger charge is -2.27. The van der Waals surface area contributed by atoms with Gasteiger partial charge < -0.3 is 21.5 Å². The first-order valence-electron chi connectivity index (χ1n) is 9.09. The number of aromatic hydroxyl groups is 1. The third kappa shape index (κ3) is 5.17. The van der Waals surface area contributed by atoms with Crippen LogP contribution >= 0.6 is 15.9 Å². The van der Waals surface area contributed by atoms with Crippen LogP contribution in [0, 0.1) is 0 Å². The molecule has 0 aliphatic rings. The van der Waals surface area contributed by atoms with Crippen LogP contribution in [0.5, 0.6) is 5.75 Å². The number of benzene rings is 2. The van der Waals surface area contributed by atoms with Crippen molar-refractivity contribution in [3.05, 3.63) is 58.6 Å². The summed E-state index contributed by atoms with van der Waals surface area (Å²) in [7, 11) is 3.75. The molecule has 0 fully saturated rings. The Morgan fingerprint density at radius 3 is 2.07 bits per heavy atom. The summed E-state index contributed by atoms with van der Waals surface area (Å²) in [5.74, 6) is 0.0814. The van der Waals surface area contributed by atoms with Crippen molar-refractivity contribution in [3.8, 4) is 5.75 Å². The van der Waals surface area contributed by atoms with Crippen LogP contribution in [0.25, 0.3) is 5.70 Å². The fourth-order valence-corrected chi connectivity index (χ4v) is 3.10. The smallest absolute Gasteiger partial charge is 0.166 e. The van der Waals surface area contributed by atoms with Gasteiger partial charge in [-0.3, -0.25) is 0 Å². The van der Waals surface area contributed by atoms with Crippen LogP contribution < -0.4 is 11.5 Å². The van der Waals surface area contributed by atoms with Gasteiger partial charge in [0, 0.05) is 29.8 Å². The summed E-state index contributed by atoms with van der Waals surface area (Å²) in [5, 5.41) is 11.0. The summed E-state index contributed by atoms with van der Waals surface area (Å²) in [5.41, 5.74) is 15.1. The highest BCUT2D eigenvalue weighted by molar-refractivity contribution is 9.10. The molecule has 0 amide bonds. The second-order valence-corrected chi connectivity index (χ2v) is 8.75. The Morgan fingerprint density at radius 2 is 1.55 bits per heavy atom. The van der Waals surface area contributed by atoms with Crippen LogP contribution in [0.15, 0.2) is 57.4 Å². The maximum atomic E-state index is 11.0. The third-order valence-electron chi connectivity index (χ3n) is 4.39. The molecule has 0 unspecified atom stereocenters. The first-order valence-corrected chi connectivity index (χ1v) is 9.89. The largest absolute Gasteiger partial charge is 0.505 e. The van der Waals surface area contributed by atoms with Crippen LogP contribution in [0.2, 0.25) is 0 Å². The number of phenolic OH excluding ortho intramolecular Hbond substituents is 1. The summed E-state index contributed by atoms with van der Waals surface area (Å²) < 4.78 is 0.790. The van der Waals surface area contributed by atoms with E-state index in [4.69, 9.17) is 11.5 Å². The van der Waals surface area contributed by atoms with Gasteiger partial charge >= 0.3 is 0 Å². The van der Waals surface area contributed by atoms with Crippen molar-refractivity contribution in [2.24, 2.45) is 21.5 Å². The molecule has 0 radical (unpaired) electrons. The molecular weight excluding hydrogens is 430 g/mol. The van der Waals surface area contributed by atoms with Crippen molar-refractivity contribution >= 4 is 44.7 Å². The number of nitrogens with zero attached hydrogens (tertiary/aromatic N) is 3. The fraction of sp³-hybridized carbons (Fsp3) is 0.273. The number of hydrogen-bond acceptors (Lipinski definition) is 4. The highest BCUT2D eigenvalue weighted by atomic mass is 79.9. The molecule has 0 spiro atoms. The lowest BCUT2D eigenvalue weighted by molar-refractivity contribution is 0.465. The number of aliphatic imine (C=N–C) groups is 2. The average Bonchev–Trinajstić information content (AvgIpc) is 2.63. The minimum absolute atomic E-state index is 0.00719. The quantitative estimate of drug-likeness (QED) is 0.458. The SMILES string of the molecule is C=C(c1c(C(C)(C)C)ccc(N=C(N)C(N)=Nc2ccccc2Br)c1O)N(C)C. The second kappa shape index (κ2) is 8.69. The summed E-state index contributed by atoms with van der Waals surface area (Å²) in [6, 6.07) is 11.0. The second-order valence-electron chi connectivity index (χ2n) is 7.89. The van der Waals surface area contributed by atoms with E-state index in [2.05, 4.69) is 53.3 Å². The van der Waals surface area contributed by atoms with Crippen molar-refractivity contribution in [3.63, 3.8) is 0 Å². The molecule has 2 rings (SSSR count). The van der Waals surface area contributed by atoms with Crippen LogP contribution in [0.1, 0.15) is 31.9 Å². The number of para-hydroxylation sites is 1. The standard InChI is InChI=1S/C22H28BrN5O/c1-13(28(5)6)18-14(22(2,3)4)11-12-17(19(18)29)27-21(25)20(24)26-16-10-8-7-9-15(16)23/h7-12,29H,1H2,2-6H3,(H2,24,26)(H2,25,27). The average molecular weight is 458 g/mol. The summed E-state index contributed by atoms with van der Waals surface area (Å²) in [6.45, 7) is 10.3. The fourth-order valence-electron chi connectivity index (χ4n) is 2.73. The van der Waals surface area contributed by atoms with Gasteiger partial charge in [-0.2, -0.15) is 0 Å². The normalized spacial score (nSPS) is 12.8. The molecule has 29 heavy (non-hydrogen) atoms. The molecule has 7 heteroatoms. The summed E-state index contributed by atoms with van der Waals surface area (Å²) >= 11 is 3.42. The van der Waals surface area contributed by atoms with Gasteiger partial charge in [-0.15, -0.1) is 0 Å². The number of amidine groups is 2. The van der Waals surface area contributed by atoms with E-state index in [1.165, 1.54) is 0 Å². The molecule has 0 aliphatic carbocycles. The Hall–Kier alpha value is -2.80. The van der Waals surface area contributed by atoms with E-state index < -0.39 is 0 Å². The molecule has 0 heterocycles. The van der Waals surface area contributed by atoms with Crippen molar-refractivity contribution < 1.29 is 5.11 Å². The van der Waals surface area contributed by atoms with Crippen molar-refractivity contribution in [1.29, 1.82) is 0 Å². The molecule has 0 aromatic heterocycles. The zero-order valence-corrected chi connectivity index (χ0v) is 19.1. The van der Waals surface area contributed by atoms with Gasteiger partial charge in [0.05, 0.1) is 5.69 Å². The molecular formula is C22H28BrN5O. The maximum Gasteiger partial charge on any atom is 0.166 e. The summed E-state index contributed by atoms with van der Waals surface area (Å²) in [4.78, 5) is 10.5. The monoisotopic (exact) mass is 457 g/mol. The molecule has 154 valence electrons. The van der Waals surface area contributed by atoms with Gasteiger partial charge in [0.15, 0.2) is 17.4 Å². The van der Waals surface area contributed by atoms with E-state index in [9.17, 15) is 5.11 Å². The molecule has 0 saturated carbocycles. The van der Waals surface area contributed by atoms with Gasteiger partial charge in [-0.05, 0) is 45.1 Å². The third-order valence-corrected chi connectivity index (χ3v) is 5.06. The van der Waals surface area contributed by atoms with Crippen molar-refractivity contribution in [2.75, 3.05) is 14.1 Å². The van der Waals surface area contributed by atoms with Gasteiger partial charge in [0.2, 0.25) is 0 Å². The molecule has 0 aliphatic heterocycles. The van der Waals surface area contributed by atoms with E-state index in [0.717, 1.165) is 10.0 Å². The minimum Gasteiger partial charge on any atom is -0.505 e.